The fraction of sp³-hybridized carbons (Fsp3) is 0.0588. The lowest BCUT2D eigenvalue weighted by atomic mass is 9.81. The van der Waals surface area contributed by atoms with Crippen molar-refractivity contribution >= 4 is 61.8 Å². The van der Waals surface area contributed by atoms with Gasteiger partial charge in [-0.2, -0.15) is 0 Å². The summed E-state index contributed by atoms with van der Waals surface area (Å²) in [5.74, 6) is 1.52. The highest BCUT2D eigenvalue weighted by Crippen LogP contribution is 2.58. The van der Waals surface area contributed by atoms with Crippen LogP contribution in [-0.4, -0.2) is 11.2 Å². The predicted molar refractivity (Wildman–Crippen MR) is 304 cm³/mol. The molecular formula is C68H50N4O. The van der Waals surface area contributed by atoms with Gasteiger partial charge in [0.2, 0.25) is 5.88 Å². The van der Waals surface area contributed by atoms with Crippen molar-refractivity contribution in [1.82, 2.24) is 4.57 Å². The highest BCUT2D eigenvalue weighted by Gasteiger charge is 2.40. The lowest BCUT2D eigenvalue weighted by molar-refractivity contribution is 0.588. The summed E-state index contributed by atoms with van der Waals surface area (Å²) >= 11 is 0. The molecule has 0 amide bonds. The van der Waals surface area contributed by atoms with Gasteiger partial charge in [0, 0.05) is 56.1 Å². The highest BCUT2D eigenvalue weighted by atomic mass is 16.4. The van der Waals surface area contributed by atoms with E-state index in [4.69, 9.17) is 4.42 Å². The van der Waals surface area contributed by atoms with Gasteiger partial charge in [0.05, 0.1) is 28.1 Å². The van der Waals surface area contributed by atoms with E-state index in [1.165, 1.54) is 66.6 Å². The third-order valence-corrected chi connectivity index (χ3v) is 15.2. The molecule has 0 saturated heterocycles. The molecule has 0 unspecified atom stereocenters. The van der Waals surface area contributed by atoms with Crippen LogP contribution in [0.5, 0.6) is 0 Å². The van der Waals surface area contributed by atoms with E-state index in [0.29, 0.717) is 6.67 Å². The van der Waals surface area contributed by atoms with Crippen LogP contribution in [-0.2, 0) is 5.41 Å². The predicted octanol–water partition coefficient (Wildman–Crippen LogP) is 18.4. The van der Waals surface area contributed by atoms with Crippen molar-refractivity contribution in [2.45, 2.75) is 19.3 Å². The van der Waals surface area contributed by atoms with Crippen LogP contribution < -0.4 is 14.7 Å². The second-order valence-electron chi connectivity index (χ2n) is 19.7. The van der Waals surface area contributed by atoms with Gasteiger partial charge in [0.25, 0.3) is 0 Å². The first kappa shape index (κ1) is 42.5. The summed E-state index contributed by atoms with van der Waals surface area (Å²) in [4.78, 5) is 7.24. The zero-order valence-electron chi connectivity index (χ0n) is 40.7. The zero-order chi connectivity index (χ0) is 48.6. The molecule has 12 aromatic rings. The van der Waals surface area contributed by atoms with Gasteiger partial charge >= 0.3 is 0 Å². The second kappa shape index (κ2) is 16.9. The topological polar surface area (TPSA) is 27.8 Å². The van der Waals surface area contributed by atoms with Crippen molar-refractivity contribution in [2.24, 2.45) is 0 Å². The number of para-hydroxylation sites is 5. The van der Waals surface area contributed by atoms with Crippen LogP contribution in [0.1, 0.15) is 25.0 Å². The Balaban J connectivity index is 0.987. The molecule has 1 aliphatic carbocycles. The van der Waals surface area contributed by atoms with E-state index in [1.54, 1.807) is 0 Å². The van der Waals surface area contributed by atoms with E-state index >= 15 is 0 Å². The van der Waals surface area contributed by atoms with E-state index in [2.05, 4.69) is 288 Å². The molecule has 0 N–H and O–H groups in total. The smallest absolute Gasteiger partial charge is 0.205 e. The number of hydrogen-bond acceptors (Lipinski definition) is 4. The second-order valence-corrected chi connectivity index (χ2v) is 19.7. The molecule has 0 saturated carbocycles. The van der Waals surface area contributed by atoms with E-state index in [0.717, 1.165) is 56.7 Å². The van der Waals surface area contributed by atoms with Crippen molar-refractivity contribution in [3.63, 3.8) is 0 Å². The fourth-order valence-corrected chi connectivity index (χ4v) is 11.7. The van der Waals surface area contributed by atoms with Crippen molar-refractivity contribution in [3.8, 4) is 50.4 Å². The first-order valence-corrected chi connectivity index (χ1v) is 25.2. The van der Waals surface area contributed by atoms with Gasteiger partial charge in [-0.15, -0.1) is 0 Å². The Kier molecular flexibility index (Phi) is 9.87. The molecule has 0 spiro atoms. The molecule has 10 aromatic carbocycles. The Morgan fingerprint density at radius 3 is 1.77 bits per heavy atom. The van der Waals surface area contributed by atoms with Crippen LogP contribution >= 0.6 is 0 Å². The molecule has 5 nitrogen and oxygen atoms in total. The summed E-state index contributed by atoms with van der Waals surface area (Å²) in [6.07, 6.45) is 0. The number of hydrogen-bond donors (Lipinski definition) is 0. The molecule has 14 rings (SSSR count). The first-order valence-electron chi connectivity index (χ1n) is 25.2. The number of anilines is 7. The summed E-state index contributed by atoms with van der Waals surface area (Å²) in [6, 6.07) is 92.1. The number of benzene rings is 10. The van der Waals surface area contributed by atoms with Gasteiger partial charge in [0.1, 0.15) is 12.4 Å². The fourth-order valence-electron chi connectivity index (χ4n) is 11.7. The number of fused-ring (bicyclic) bond motifs is 7. The lowest BCUT2D eigenvalue weighted by Gasteiger charge is -2.28. The summed E-state index contributed by atoms with van der Waals surface area (Å²) in [7, 11) is 0. The van der Waals surface area contributed by atoms with Crippen molar-refractivity contribution < 1.29 is 4.42 Å². The average Bonchev–Trinajstić information content (AvgIpc) is 4.23. The summed E-state index contributed by atoms with van der Waals surface area (Å²) < 4.78 is 9.58. The third kappa shape index (κ3) is 6.92. The van der Waals surface area contributed by atoms with Crippen LogP contribution in [0.4, 0.5) is 40.0 Å². The SMILES string of the molecule is CC1(C)c2ccccc2-c2c(-c3cccc4c3N(c3ccccc3)CN4c3ccccc3)cc(N(c3ccc(-c4ccccc4)cc3)c3ccc(-c4ccc5c6ccccc6n(-c6ccccc6)c5c4)o3)cc21. The molecule has 2 aromatic heterocycles. The van der Waals surface area contributed by atoms with Crippen molar-refractivity contribution in [3.05, 3.63) is 266 Å². The zero-order valence-corrected chi connectivity index (χ0v) is 40.7. The quantitative estimate of drug-likeness (QED) is 0.144. The van der Waals surface area contributed by atoms with Gasteiger partial charge < -0.3 is 18.8 Å². The summed E-state index contributed by atoms with van der Waals surface area (Å²) in [5, 5.41) is 2.42. The molecular weight excluding hydrogens is 889 g/mol. The van der Waals surface area contributed by atoms with E-state index in [9.17, 15) is 0 Å². The third-order valence-electron chi connectivity index (χ3n) is 15.2. The molecule has 2 aliphatic rings. The summed E-state index contributed by atoms with van der Waals surface area (Å²) in [6.45, 7) is 5.43. The standard InChI is InChI=1S/C68H50N4O/c1-68(2)59-31-17-15-29-57(59)66-58(56-30-19-33-62-67(56)70(50-24-11-5-12-25-50)45-69(62)49-22-9-4-10-23-49)43-53(44-60(66)68)71(52-37-34-47(35-38-52)46-20-7-3-8-21-46)65-41-40-64(73-65)48-36-39-55-54-28-16-18-32-61(54)72(63(55)42-48)51-26-13-6-14-27-51/h3-44H,45H2,1-2H3. The number of aromatic nitrogens is 1. The molecule has 0 atom stereocenters. The maximum Gasteiger partial charge on any atom is 0.205 e. The lowest BCUT2D eigenvalue weighted by Crippen LogP contribution is -2.24. The maximum atomic E-state index is 7.22. The molecule has 0 fully saturated rings. The van der Waals surface area contributed by atoms with Gasteiger partial charge in [-0.05, 0) is 124 Å². The Bertz CT molecular complexity index is 4030. The van der Waals surface area contributed by atoms with Crippen molar-refractivity contribution in [1.29, 1.82) is 0 Å². The number of rotatable bonds is 9. The number of nitrogens with zero attached hydrogens (tertiary/aromatic N) is 4. The Morgan fingerprint density at radius 2 is 1.01 bits per heavy atom. The monoisotopic (exact) mass is 938 g/mol. The Labute approximate surface area is 425 Å². The Hall–Kier alpha value is -9.32. The van der Waals surface area contributed by atoms with Crippen LogP contribution in [0.25, 0.3) is 72.2 Å². The largest absolute Gasteiger partial charge is 0.440 e. The van der Waals surface area contributed by atoms with Crippen LogP contribution in [0.15, 0.2) is 259 Å². The normalized spacial score (nSPS) is 13.3. The van der Waals surface area contributed by atoms with Crippen LogP contribution in [0.2, 0.25) is 0 Å². The minimum absolute atomic E-state index is 0.298. The van der Waals surface area contributed by atoms with Gasteiger partial charge in [-0.3, -0.25) is 4.90 Å². The van der Waals surface area contributed by atoms with E-state index in [1.807, 2.05) is 0 Å². The van der Waals surface area contributed by atoms with E-state index < -0.39 is 0 Å². The maximum absolute atomic E-state index is 7.22. The molecule has 3 heterocycles. The highest BCUT2D eigenvalue weighted by molar-refractivity contribution is 6.10. The molecule has 0 radical (unpaired) electrons. The molecule has 348 valence electrons. The van der Waals surface area contributed by atoms with Gasteiger partial charge in [0.15, 0.2) is 0 Å². The van der Waals surface area contributed by atoms with Gasteiger partial charge in [-0.25, -0.2) is 0 Å². The average molecular weight is 939 g/mol. The molecule has 1 aliphatic heterocycles. The Morgan fingerprint density at radius 1 is 0.411 bits per heavy atom. The van der Waals surface area contributed by atoms with E-state index in [-0.39, 0.29) is 5.41 Å². The molecule has 73 heavy (non-hydrogen) atoms. The first-order chi connectivity index (χ1) is 36.0. The molecule has 5 heteroatoms. The minimum Gasteiger partial charge on any atom is -0.440 e. The summed E-state index contributed by atoms with van der Waals surface area (Å²) in [5.41, 5.74) is 20.6. The van der Waals surface area contributed by atoms with Crippen LogP contribution in [0.3, 0.4) is 0 Å². The van der Waals surface area contributed by atoms with Crippen molar-refractivity contribution in [2.75, 3.05) is 21.4 Å². The number of furan rings is 1. The molecule has 0 bridgehead atoms. The van der Waals surface area contributed by atoms with Gasteiger partial charge in [-0.1, -0.05) is 178 Å². The van der Waals surface area contributed by atoms with Crippen LogP contribution in [0, 0.1) is 0 Å². The minimum atomic E-state index is -0.298.